The Morgan fingerprint density at radius 3 is 2.58 bits per heavy atom. The summed E-state index contributed by atoms with van der Waals surface area (Å²) in [5.41, 5.74) is 0.680. The molecule has 11 heteroatoms. The van der Waals surface area contributed by atoms with E-state index in [0.717, 1.165) is 29.7 Å². The van der Waals surface area contributed by atoms with Crippen molar-refractivity contribution in [1.29, 1.82) is 0 Å². The van der Waals surface area contributed by atoms with E-state index in [-0.39, 0.29) is 10.8 Å². The van der Waals surface area contributed by atoms with Crippen LogP contribution in [0, 0.1) is 11.6 Å². The number of urea groups is 1. The molecular weight excluding hydrogens is 386 g/mol. The summed E-state index contributed by atoms with van der Waals surface area (Å²) in [5, 5.41) is 4.97. The highest BCUT2D eigenvalue weighted by molar-refractivity contribution is 7.92. The van der Waals surface area contributed by atoms with Crippen molar-refractivity contribution in [2.75, 3.05) is 21.6 Å². The number of amides is 2. The molecule has 0 radical (unpaired) electrons. The number of hydrogen-bond donors (Lipinski definition) is 3. The van der Waals surface area contributed by atoms with Gasteiger partial charge < -0.3 is 10.6 Å². The predicted molar refractivity (Wildman–Crippen MR) is 97.1 cm³/mol. The molecule has 3 aromatic rings. The summed E-state index contributed by atoms with van der Waals surface area (Å²) in [6.07, 6.45) is 1.02. The minimum absolute atomic E-state index is 0.168. The summed E-state index contributed by atoms with van der Waals surface area (Å²) in [6.45, 7) is 0. The highest BCUT2D eigenvalue weighted by atomic mass is 32.2. The van der Waals surface area contributed by atoms with E-state index in [9.17, 15) is 22.0 Å². The Hall–Kier alpha value is -2.79. The fraction of sp³-hybridized carbons (Fsp3) is 0.0667. The molecule has 7 nitrogen and oxygen atoms in total. The van der Waals surface area contributed by atoms with Gasteiger partial charge >= 0.3 is 6.03 Å². The van der Waals surface area contributed by atoms with Crippen LogP contribution in [-0.4, -0.2) is 25.7 Å². The zero-order valence-electron chi connectivity index (χ0n) is 13.2. The molecule has 1 heterocycles. The quantitative estimate of drug-likeness (QED) is 0.625. The molecule has 26 heavy (non-hydrogen) atoms. The summed E-state index contributed by atoms with van der Waals surface area (Å²) in [6, 6.07) is 6.86. The van der Waals surface area contributed by atoms with Gasteiger partial charge in [0, 0.05) is 11.8 Å². The summed E-state index contributed by atoms with van der Waals surface area (Å²) < 4.78 is 51.9. The van der Waals surface area contributed by atoms with Crippen LogP contribution in [0.4, 0.5) is 30.1 Å². The maximum Gasteiger partial charge on any atom is 0.323 e. The van der Waals surface area contributed by atoms with E-state index >= 15 is 0 Å². The van der Waals surface area contributed by atoms with Crippen LogP contribution < -0.4 is 15.4 Å². The molecule has 2 amide bonds. The van der Waals surface area contributed by atoms with Gasteiger partial charge in [0.1, 0.15) is 11.6 Å². The zero-order valence-corrected chi connectivity index (χ0v) is 14.8. The van der Waals surface area contributed by atoms with E-state index in [0.29, 0.717) is 22.0 Å². The molecule has 0 aliphatic carbocycles. The van der Waals surface area contributed by atoms with Crippen molar-refractivity contribution >= 4 is 54.1 Å². The summed E-state index contributed by atoms with van der Waals surface area (Å²) >= 11 is 1.14. The van der Waals surface area contributed by atoms with Crippen molar-refractivity contribution in [3.63, 3.8) is 0 Å². The molecule has 0 fully saturated rings. The van der Waals surface area contributed by atoms with E-state index in [1.807, 2.05) is 0 Å². The van der Waals surface area contributed by atoms with E-state index < -0.39 is 27.7 Å². The molecule has 0 saturated heterocycles. The minimum Gasteiger partial charge on any atom is -0.308 e. The average Bonchev–Trinajstić information content (AvgIpc) is 2.89. The van der Waals surface area contributed by atoms with E-state index in [2.05, 4.69) is 20.3 Å². The number of fused-ring (bicyclic) bond motifs is 1. The number of anilines is 3. The third-order valence-corrected chi connectivity index (χ3v) is 4.74. The van der Waals surface area contributed by atoms with Crippen LogP contribution in [0.15, 0.2) is 36.4 Å². The largest absolute Gasteiger partial charge is 0.323 e. The molecule has 0 aliphatic rings. The molecule has 0 unspecified atom stereocenters. The standard InChI is InChI=1S/C15H12F2N4O3S2/c1-26(23,24)21-15-20-12-7-9(3-5-13(12)25-15)18-14(22)19-11-4-2-8(16)6-10(11)17/h2-7H,1H3,(H,20,21)(H2,18,19,22). The molecule has 136 valence electrons. The number of thiazole rings is 1. The number of nitrogens with zero attached hydrogens (tertiary/aromatic N) is 1. The van der Waals surface area contributed by atoms with Gasteiger partial charge in [0.2, 0.25) is 10.0 Å². The maximum atomic E-state index is 13.5. The Balaban J connectivity index is 1.74. The Morgan fingerprint density at radius 1 is 1.12 bits per heavy atom. The van der Waals surface area contributed by atoms with Crippen molar-refractivity contribution in [2.45, 2.75) is 0 Å². The number of nitrogens with one attached hydrogen (secondary N) is 3. The topological polar surface area (TPSA) is 100 Å². The summed E-state index contributed by atoms with van der Waals surface area (Å²) in [4.78, 5) is 16.1. The van der Waals surface area contributed by atoms with Crippen molar-refractivity contribution < 1.29 is 22.0 Å². The molecule has 0 spiro atoms. The second-order valence-corrected chi connectivity index (χ2v) is 8.06. The number of aromatic nitrogens is 1. The third kappa shape index (κ3) is 4.43. The molecule has 2 aromatic carbocycles. The number of halogens is 2. The number of carbonyl (C=O) groups is 1. The van der Waals surface area contributed by atoms with Crippen LogP contribution in [-0.2, 0) is 10.0 Å². The highest BCUT2D eigenvalue weighted by Crippen LogP contribution is 2.28. The van der Waals surface area contributed by atoms with Gasteiger partial charge in [-0.3, -0.25) is 4.72 Å². The van der Waals surface area contributed by atoms with Gasteiger partial charge in [-0.25, -0.2) is 27.0 Å². The van der Waals surface area contributed by atoms with Gasteiger partial charge in [0.25, 0.3) is 0 Å². The smallest absolute Gasteiger partial charge is 0.308 e. The fourth-order valence-electron chi connectivity index (χ4n) is 2.08. The van der Waals surface area contributed by atoms with Crippen molar-refractivity contribution in [3.8, 4) is 0 Å². The molecule has 0 saturated carbocycles. The van der Waals surface area contributed by atoms with E-state index in [4.69, 9.17) is 0 Å². The molecule has 3 rings (SSSR count). The van der Waals surface area contributed by atoms with Crippen LogP contribution in [0.25, 0.3) is 10.2 Å². The predicted octanol–water partition coefficient (Wildman–Crippen LogP) is 3.59. The van der Waals surface area contributed by atoms with Crippen LogP contribution in [0.1, 0.15) is 0 Å². The van der Waals surface area contributed by atoms with Gasteiger partial charge in [0.15, 0.2) is 5.13 Å². The number of hydrogen-bond acceptors (Lipinski definition) is 5. The van der Waals surface area contributed by atoms with Crippen molar-refractivity contribution in [3.05, 3.63) is 48.0 Å². The Morgan fingerprint density at radius 2 is 1.88 bits per heavy atom. The first kappa shape index (κ1) is 18.0. The number of benzene rings is 2. The van der Waals surface area contributed by atoms with E-state index in [1.165, 1.54) is 0 Å². The highest BCUT2D eigenvalue weighted by Gasteiger charge is 2.11. The Kier molecular flexibility index (Phi) is 4.74. The van der Waals surface area contributed by atoms with Crippen LogP contribution in [0.5, 0.6) is 0 Å². The lowest BCUT2D eigenvalue weighted by Crippen LogP contribution is -2.20. The number of rotatable bonds is 4. The third-order valence-electron chi connectivity index (χ3n) is 3.10. The second kappa shape index (κ2) is 6.84. The monoisotopic (exact) mass is 398 g/mol. The SMILES string of the molecule is CS(=O)(=O)Nc1nc2cc(NC(=O)Nc3ccc(F)cc3F)ccc2s1. The van der Waals surface area contributed by atoms with Gasteiger partial charge in [-0.2, -0.15) is 0 Å². The lowest BCUT2D eigenvalue weighted by atomic mass is 10.3. The molecule has 0 bridgehead atoms. The molecule has 1 aromatic heterocycles. The van der Waals surface area contributed by atoms with Gasteiger partial charge in [-0.15, -0.1) is 0 Å². The zero-order chi connectivity index (χ0) is 18.9. The first-order valence-corrected chi connectivity index (χ1v) is 9.82. The molecule has 0 atom stereocenters. The molecular formula is C15H12F2N4O3S2. The van der Waals surface area contributed by atoms with Gasteiger partial charge in [-0.1, -0.05) is 11.3 Å². The number of sulfonamides is 1. The minimum atomic E-state index is -3.44. The lowest BCUT2D eigenvalue weighted by molar-refractivity contribution is 0.262. The van der Waals surface area contributed by atoms with Crippen LogP contribution in [0.3, 0.4) is 0 Å². The van der Waals surface area contributed by atoms with Crippen molar-refractivity contribution in [2.24, 2.45) is 0 Å². The first-order chi connectivity index (χ1) is 12.2. The van der Waals surface area contributed by atoms with Gasteiger partial charge in [-0.05, 0) is 30.3 Å². The van der Waals surface area contributed by atoms with Crippen molar-refractivity contribution in [1.82, 2.24) is 4.98 Å². The maximum absolute atomic E-state index is 13.5. The lowest BCUT2D eigenvalue weighted by Gasteiger charge is -2.08. The van der Waals surface area contributed by atoms with E-state index in [1.54, 1.807) is 18.2 Å². The summed E-state index contributed by atoms with van der Waals surface area (Å²) in [7, 11) is -3.44. The van der Waals surface area contributed by atoms with Crippen LogP contribution >= 0.6 is 11.3 Å². The number of carbonyl (C=O) groups excluding carboxylic acids is 1. The summed E-state index contributed by atoms with van der Waals surface area (Å²) in [5.74, 6) is -1.65. The first-order valence-electron chi connectivity index (χ1n) is 7.11. The van der Waals surface area contributed by atoms with Crippen LogP contribution in [0.2, 0.25) is 0 Å². The molecule has 3 N–H and O–H groups in total. The molecule has 0 aliphatic heterocycles. The second-order valence-electron chi connectivity index (χ2n) is 5.28. The Bertz CT molecular complexity index is 1100. The van der Waals surface area contributed by atoms with Gasteiger partial charge in [0.05, 0.1) is 22.2 Å². The average molecular weight is 398 g/mol. The Labute approximate surface area is 151 Å². The fourth-order valence-corrected chi connectivity index (χ4v) is 3.76. The normalized spacial score (nSPS) is 11.3.